The molecule has 2 rings (SSSR count). The monoisotopic (exact) mass is 457 g/mol. The molecule has 27 heavy (non-hydrogen) atoms. The molecule has 0 saturated heterocycles. The Balaban J connectivity index is 2.12. The fourth-order valence-electron chi connectivity index (χ4n) is 2.77. The molecule has 0 amide bonds. The highest BCUT2D eigenvalue weighted by Gasteiger charge is 2.16. The van der Waals surface area contributed by atoms with Crippen LogP contribution in [-0.4, -0.2) is 13.7 Å². The lowest BCUT2D eigenvalue weighted by molar-refractivity contribution is 0.276. The molecular weight excluding hydrogens is 433 g/mol. The van der Waals surface area contributed by atoms with Crippen LogP contribution in [0.15, 0.2) is 34.8 Å². The third-order valence-electron chi connectivity index (χ3n) is 4.32. The van der Waals surface area contributed by atoms with E-state index >= 15 is 0 Å². The first-order chi connectivity index (χ1) is 13.1. The van der Waals surface area contributed by atoms with E-state index in [0.717, 1.165) is 23.0 Å². The third kappa shape index (κ3) is 6.37. The Morgan fingerprint density at radius 2 is 1.93 bits per heavy atom. The summed E-state index contributed by atoms with van der Waals surface area (Å²) in [6.45, 7) is 3.79. The second kappa shape index (κ2) is 11.5. The zero-order chi connectivity index (χ0) is 19.6. The van der Waals surface area contributed by atoms with Gasteiger partial charge in [0.2, 0.25) is 0 Å². The van der Waals surface area contributed by atoms with Crippen molar-refractivity contribution in [2.45, 2.75) is 45.8 Å². The van der Waals surface area contributed by atoms with Gasteiger partial charge in [0.1, 0.15) is 12.4 Å². The fourth-order valence-corrected chi connectivity index (χ4v) is 3.44. The number of methoxy groups -OCH3 is 1. The summed E-state index contributed by atoms with van der Waals surface area (Å²) in [6.07, 6.45) is 4.83. The summed E-state index contributed by atoms with van der Waals surface area (Å²) in [6, 6.07) is 8.36. The van der Waals surface area contributed by atoms with Crippen LogP contribution in [0.4, 0.5) is 4.39 Å². The predicted octanol–water partition coefficient (Wildman–Crippen LogP) is 6.50. The largest absolute Gasteiger partial charge is 0.493 e. The predicted molar refractivity (Wildman–Crippen MR) is 112 cm³/mol. The van der Waals surface area contributed by atoms with Crippen LogP contribution in [0.1, 0.15) is 43.7 Å². The van der Waals surface area contributed by atoms with Crippen LogP contribution in [-0.2, 0) is 13.2 Å². The van der Waals surface area contributed by atoms with Gasteiger partial charge in [-0.05, 0) is 37.2 Å². The standard InChI is InChI=1S/C21H26BrClFNO2/c1-3-4-5-6-12-25-13-15-17(22)10-11-20(26-2)21(15)27-14-16-18(23)8-7-9-19(16)24/h7-11,25H,3-6,12-14H2,1-2H3. The number of rotatable bonds is 11. The first kappa shape index (κ1) is 22.0. The third-order valence-corrected chi connectivity index (χ3v) is 5.42. The summed E-state index contributed by atoms with van der Waals surface area (Å²) in [7, 11) is 1.59. The lowest BCUT2D eigenvalue weighted by Crippen LogP contribution is -2.16. The molecule has 2 aromatic carbocycles. The minimum atomic E-state index is -0.382. The maximum atomic E-state index is 14.0. The van der Waals surface area contributed by atoms with Crippen molar-refractivity contribution >= 4 is 27.5 Å². The molecule has 0 heterocycles. The van der Waals surface area contributed by atoms with Crippen molar-refractivity contribution in [3.8, 4) is 11.5 Å². The van der Waals surface area contributed by atoms with Crippen LogP contribution in [0.5, 0.6) is 11.5 Å². The molecule has 0 saturated carbocycles. The van der Waals surface area contributed by atoms with Crippen LogP contribution in [0.2, 0.25) is 5.02 Å². The normalized spacial score (nSPS) is 10.9. The molecule has 0 bridgehead atoms. The van der Waals surface area contributed by atoms with Gasteiger partial charge in [-0.25, -0.2) is 4.39 Å². The maximum absolute atomic E-state index is 14.0. The summed E-state index contributed by atoms with van der Waals surface area (Å²) >= 11 is 9.70. The topological polar surface area (TPSA) is 30.5 Å². The van der Waals surface area contributed by atoms with Gasteiger partial charge in [0.25, 0.3) is 0 Å². The maximum Gasteiger partial charge on any atom is 0.167 e. The lowest BCUT2D eigenvalue weighted by atomic mass is 10.1. The number of hydrogen-bond acceptors (Lipinski definition) is 3. The Morgan fingerprint density at radius 1 is 1.11 bits per heavy atom. The SMILES string of the molecule is CCCCCCNCc1c(Br)ccc(OC)c1OCc1c(F)cccc1Cl. The zero-order valence-electron chi connectivity index (χ0n) is 15.8. The van der Waals surface area contributed by atoms with Gasteiger partial charge in [0.05, 0.1) is 12.1 Å². The zero-order valence-corrected chi connectivity index (χ0v) is 18.1. The molecule has 0 aromatic heterocycles. The van der Waals surface area contributed by atoms with Gasteiger partial charge in [0.15, 0.2) is 11.5 Å². The summed E-state index contributed by atoms with van der Waals surface area (Å²) in [5, 5.41) is 3.80. The second-order valence-corrected chi connectivity index (χ2v) is 7.55. The Labute approximate surface area is 174 Å². The van der Waals surface area contributed by atoms with E-state index in [1.165, 1.54) is 25.3 Å². The Morgan fingerprint density at radius 3 is 2.63 bits per heavy atom. The summed E-state index contributed by atoms with van der Waals surface area (Å²) < 4.78 is 26.4. The Hall–Kier alpha value is -1.30. The average molecular weight is 459 g/mol. The number of ether oxygens (including phenoxy) is 2. The van der Waals surface area contributed by atoms with Gasteiger partial charge in [-0.2, -0.15) is 0 Å². The number of halogens is 3. The van der Waals surface area contributed by atoms with E-state index < -0.39 is 0 Å². The molecule has 0 spiro atoms. The minimum Gasteiger partial charge on any atom is -0.493 e. The van der Waals surface area contributed by atoms with Crippen LogP contribution in [0.25, 0.3) is 0 Å². The smallest absolute Gasteiger partial charge is 0.167 e. The molecule has 0 aliphatic rings. The van der Waals surface area contributed by atoms with Gasteiger partial charge < -0.3 is 14.8 Å². The lowest BCUT2D eigenvalue weighted by Gasteiger charge is -2.18. The van der Waals surface area contributed by atoms with E-state index in [4.69, 9.17) is 21.1 Å². The van der Waals surface area contributed by atoms with Crippen molar-refractivity contribution in [2.24, 2.45) is 0 Å². The molecule has 148 valence electrons. The molecule has 0 aliphatic carbocycles. The number of unbranched alkanes of at least 4 members (excludes halogenated alkanes) is 3. The van der Waals surface area contributed by atoms with E-state index in [1.54, 1.807) is 19.2 Å². The molecule has 6 heteroatoms. The summed E-state index contributed by atoms with van der Waals surface area (Å²) in [5.41, 5.74) is 1.27. The Bertz CT molecular complexity index is 722. The highest BCUT2D eigenvalue weighted by atomic mass is 79.9. The molecule has 0 atom stereocenters. The van der Waals surface area contributed by atoms with Crippen molar-refractivity contribution in [3.05, 3.63) is 56.8 Å². The number of hydrogen-bond donors (Lipinski definition) is 1. The van der Waals surface area contributed by atoms with Gasteiger partial charge in [-0.1, -0.05) is 59.8 Å². The van der Waals surface area contributed by atoms with E-state index in [-0.39, 0.29) is 12.4 Å². The van der Waals surface area contributed by atoms with Crippen molar-refractivity contribution in [1.29, 1.82) is 0 Å². The van der Waals surface area contributed by atoms with Crippen LogP contribution >= 0.6 is 27.5 Å². The van der Waals surface area contributed by atoms with Gasteiger partial charge in [-0.15, -0.1) is 0 Å². The average Bonchev–Trinajstić information content (AvgIpc) is 2.65. The van der Waals surface area contributed by atoms with E-state index in [1.807, 2.05) is 12.1 Å². The molecule has 2 aromatic rings. The first-order valence-electron chi connectivity index (χ1n) is 9.20. The summed E-state index contributed by atoms with van der Waals surface area (Å²) in [5.74, 6) is 0.813. The molecule has 3 nitrogen and oxygen atoms in total. The number of benzene rings is 2. The minimum absolute atomic E-state index is 0.0296. The van der Waals surface area contributed by atoms with Crippen molar-refractivity contribution < 1.29 is 13.9 Å². The van der Waals surface area contributed by atoms with Crippen molar-refractivity contribution in [3.63, 3.8) is 0 Å². The quantitative estimate of drug-likeness (QED) is 0.390. The highest BCUT2D eigenvalue weighted by molar-refractivity contribution is 9.10. The molecule has 0 aliphatic heterocycles. The van der Waals surface area contributed by atoms with Crippen LogP contribution in [0, 0.1) is 5.82 Å². The van der Waals surface area contributed by atoms with E-state index in [9.17, 15) is 4.39 Å². The summed E-state index contributed by atoms with van der Waals surface area (Å²) in [4.78, 5) is 0. The molecule has 0 unspecified atom stereocenters. The van der Waals surface area contributed by atoms with Crippen LogP contribution < -0.4 is 14.8 Å². The second-order valence-electron chi connectivity index (χ2n) is 6.28. The van der Waals surface area contributed by atoms with Gasteiger partial charge in [-0.3, -0.25) is 0 Å². The number of nitrogens with one attached hydrogen (secondary N) is 1. The first-order valence-corrected chi connectivity index (χ1v) is 10.4. The van der Waals surface area contributed by atoms with E-state index in [0.29, 0.717) is 28.6 Å². The molecule has 1 N–H and O–H groups in total. The fraction of sp³-hybridized carbons (Fsp3) is 0.429. The molecule has 0 fully saturated rings. The van der Waals surface area contributed by atoms with E-state index in [2.05, 4.69) is 28.2 Å². The van der Waals surface area contributed by atoms with Crippen molar-refractivity contribution in [2.75, 3.05) is 13.7 Å². The molecule has 0 radical (unpaired) electrons. The molecular formula is C21H26BrClFNO2. The van der Waals surface area contributed by atoms with Gasteiger partial charge in [0, 0.05) is 22.1 Å². The highest BCUT2D eigenvalue weighted by Crippen LogP contribution is 2.37. The van der Waals surface area contributed by atoms with Gasteiger partial charge >= 0.3 is 0 Å². The Kier molecular flexibility index (Phi) is 9.39. The van der Waals surface area contributed by atoms with Crippen molar-refractivity contribution in [1.82, 2.24) is 5.32 Å². The van der Waals surface area contributed by atoms with Crippen LogP contribution in [0.3, 0.4) is 0 Å².